The van der Waals surface area contributed by atoms with E-state index in [2.05, 4.69) is 5.32 Å². The van der Waals surface area contributed by atoms with E-state index in [4.69, 9.17) is 22.3 Å². The molecule has 0 aromatic rings. The van der Waals surface area contributed by atoms with Crippen molar-refractivity contribution in [2.75, 3.05) is 5.88 Å². The number of hydrogen-bond acceptors (Lipinski definition) is 3. The van der Waals surface area contributed by atoms with Crippen LogP contribution >= 0.6 is 22.3 Å². The van der Waals surface area contributed by atoms with Gasteiger partial charge in [0.05, 0.1) is 10.3 Å². The third-order valence-corrected chi connectivity index (χ3v) is 6.35. The number of carbonyl (C=O) groups is 1. The number of fused-ring (bicyclic) bond motifs is 1. The zero-order chi connectivity index (χ0) is 15.7. The summed E-state index contributed by atoms with van der Waals surface area (Å²) < 4.78 is 23.1. The first-order valence-corrected chi connectivity index (χ1v) is 9.92. The molecule has 0 aromatic carbocycles. The van der Waals surface area contributed by atoms with Gasteiger partial charge in [-0.25, -0.2) is 8.42 Å². The van der Waals surface area contributed by atoms with Crippen molar-refractivity contribution in [3.05, 3.63) is 22.8 Å². The Labute approximate surface area is 135 Å². The lowest BCUT2D eigenvalue weighted by atomic mass is 9.68. The summed E-state index contributed by atoms with van der Waals surface area (Å²) in [4.78, 5) is 12.6. The molecule has 1 amide bonds. The highest BCUT2D eigenvalue weighted by Crippen LogP contribution is 2.50. The molecule has 2 atom stereocenters. The minimum Gasteiger partial charge on any atom is -0.329 e. The van der Waals surface area contributed by atoms with E-state index in [9.17, 15) is 13.2 Å². The summed E-state index contributed by atoms with van der Waals surface area (Å²) in [6.07, 6.45) is 6.50. The van der Waals surface area contributed by atoms with Crippen LogP contribution in [0.3, 0.4) is 0 Å². The molecule has 0 aromatic heterocycles. The SMILES string of the molecule is CCC1(CCCCCl)C(=O)NC2=CC=C(S(=O)(=O)Cl)CC21. The van der Waals surface area contributed by atoms with Crippen LogP contribution in [0.4, 0.5) is 0 Å². The van der Waals surface area contributed by atoms with Gasteiger partial charge >= 0.3 is 0 Å². The first-order chi connectivity index (χ1) is 9.85. The first kappa shape index (κ1) is 16.8. The van der Waals surface area contributed by atoms with Crippen LogP contribution in [-0.2, 0) is 13.8 Å². The molecule has 2 unspecified atom stereocenters. The first-order valence-electron chi connectivity index (χ1n) is 7.08. The van der Waals surface area contributed by atoms with Crippen LogP contribution in [0.15, 0.2) is 22.8 Å². The second-order valence-corrected chi connectivity index (χ2v) is 8.56. The van der Waals surface area contributed by atoms with E-state index < -0.39 is 14.5 Å². The summed E-state index contributed by atoms with van der Waals surface area (Å²) in [5, 5.41) is 2.90. The largest absolute Gasteiger partial charge is 0.329 e. The zero-order valence-electron chi connectivity index (χ0n) is 11.9. The molecule has 2 aliphatic rings. The molecular weight excluding hydrogens is 333 g/mol. The van der Waals surface area contributed by atoms with E-state index in [1.807, 2.05) is 6.92 Å². The summed E-state index contributed by atoms with van der Waals surface area (Å²) in [6.45, 7) is 1.97. The molecule has 4 nitrogen and oxygen atoms in total. The Kier molecular flexibility index (Phi) is 5.06. The zero-order valence-corrected chi connectivity index (χ0v) is 14.2. The highest BCUT2D eigenvalue weighted by Gasteiger charge is 2.52. The van der Waals surface area contributed by atoms with Crippen molar-refractivity contribution in [2.45, 2.75) is 39.0 Å². The minimum atomic E-state index is -3.74. The smallest absolute Gasteiger partial charge is 0.257 e. The van der Waals surface area contributed by atoms with Gasteiger partial charge in [-0.15, -0.1) is 11.6 Å². The highest BCUT2D eigenvalue weighted by molar-refractivity contribution is 8.16. The van der Waals surface area contributed by atoms with Crippen molar-refractivity contribution in [2.24, 2.45) is 11.3 Å². The number of alkyl halides is 1. The quantitative estimate of drug-likeness (QED) is 0.453. The summed E-state index contributed by atoms with van der Waals surface area (Å²) in [5.41, 5.74) is 0.246. The van der Waals surface area contributed by atoms with Crippen LogP contribution < -0.4 is 5.32 Å². The van der Waals surface area contributed by atoms with E-state index in [1.54, 1.807) is 6.08 Å². The fourth-order valence-corrected chi connectivity index (χ4v) is 4.43. The Morgan fingerprint density at radius 1 is 1.38 bits per heavy atom. The van der Waals surface area contributed by atoms with Gasteiger partial charge < -0.3 is 5.32 Å². The maximum absolute atomic E-state index is 12.5. The molecule has 21 heavy (non-hydrogen) atoms. The second kappa shape index (κ2) is 6.31. The van der Waals surface area contributed by atoms with E-state index in [-0.39, 0.29) is 23.2 Å². The van der Waals surface area contributed by atoms with Crippen LogP contribution in [0, 0.1) is 11.3 Å². The molecule has 0 bridgehead atoms. The molecule has 0 saturated carbocycles. The third kappa shape index (κ3) is 3.15. The maximum atomic E-state index is 12.5. The van der Waals surface area contributed by atoms with E-state index in [0.717, 1.165) is 18.5 Å². The molecule has 0 spiro atoms. The van der Waals surface area contributed by atoms with Crippen molar-refractivity contribution in [1.29, 1.82) is 0 Å². The normalized spacial score (nSPS) is 28.7. The number of rotatable bonds is 6. The molecule has 1 aliphatic carbocycles. The fraction of sp³-hybridized carbons (Fsp3) is 0.643. The maximum Gasteiger partial charge on any atom is 0.257 e. The summed E-state index contributed by atoms with van der Waals surface area (Å²) in [5.74, 6) is 0.409. The van der Waals surface area contributed by atoms with Gasteiger partial charge in [0.2, 0.25) is 5.91 Å². The topological polar surface area (TPSA) is 63.2 Å². The van der Waals surface area contributed by atoms with Crippen molar-refractivity contribution in [3.8, 4) is 0 Å². The Morgan fingerprint density at radius 2 is 2.10 bits per heavy atom. The summed E-state index contributed by atoms with van der Waals surface area (Å²) in [7, 11) is 1.72. The lowest BCUT2D eigenvalue weighted by Gasteiger charge is -2.33. The molecule has 0 radical (unpaired) electrons. The van der Waals surface area contributed by atoms with Crippen LogP contribution in [0.5, 0.6) is 0 Å². The number of carbonyl (C=O) groups excluding carboxylic acids is 1. The van der Waals surface area contributed by atoms with Crippen LogP contribution in [-0.4, -0.2) is 20.2 Å². The lowest BCUT2D eigenvalue weighted by molar-refractivity contribution is -0.129. The Morgan fingerprint density at radius 3 is 2.67 bits per heavy atom. The van der Waals surface area contributed by atoms with Gasteiger partial charge in [0.1, 0.15) is 0 Å². The van der Waals surface area contributed by atoms with Crippen molar-refractivity contribution in [1.82, 2.24) is 5.32 Å². The number of unbranched alkanes of at least 4 members (excludes halogenated alkanes) is 1. The summed E-state index contributed by atoms with van der Waals surface area (Å²) >= 11 is 5.71. The van der Waals surface area contributed by atoms with Crippen molar-refractivity contribution in [3.63, 3.8) is 0 Å². The molecule has 2 rings (SSSR count). The number of allylic oxidation sites excluding steroid dienone is 4. The molecule has 1 saturated heterocycles. The van der Waals surface area contributed by atoms with Gasteiger partial charge in [-0.3, -0.25) is 4.79 Å². The molecule has 1 heterocycles. The second-order valence-electron chi connectivity index (χ2n) is 5.56. The molecule has 1 fully saturated rings. The molecular formula is C14H19Cl2NO3S. The predicted molar refractivity (Wildman–Crippen MR) is 84.5 cm³/mol. The summed E-state index contributed by atoms with van der Waals surface area (Å²) in [6, 6.07) is 0. The Balaban J connectivity index is 2.30. The lowest BCUT2D eigenvalue weighted by Crippen LogP contribution is -2.35. The van der Waals surface area contributed by atoms with Crippen LogP contribution in [0.2, 0.25) is 0 Å². The van der Waals surface area contributed by atoms with Gasteiger partial charge in [0, 0.05) is 28.2 Å². The van der Waals surface area contributed by atoms with Crippen LogP contribution in [0.25, 0.3) is 0 Å². The van der Waals surface area contributed by atoms with E-state index >= 15 is 0 Å². The molecule has 118 valence electrons. The number of nitrogens with one attached hydrogen (secondary N) is 1. The van der Waals surface area contributed by atoms with Crippen molar-refractivity contribution >= 4 is 37.2 Å². The highest BCUT2D eigenvalue weighted by atomic mass is 35.7. The number of hydrogen-bond donors (Lipinski definition) is 1. The molecule has 7 heteroatoms. The average molecular weight is 352 g/mol. The standard InChI is InChI=1S/C14H19Cl2NO3S/c1-2-14(7-3-4-8-15)11-9-10(21(16,19)20)5-6-12(11)17-13(14)18/h5-6,11H,2-4,7-9H2,1H3,(H,17,18). The van der Waals surface area contributed by atoms with Gasteiger partial charge in [0.25, 0.3) is 9.05 Å². The molecule has 1 N–H and O–H groups in total. The van der Waals surface area contributed by atoms with E-state index in [1.165, 1.54) is 6.08 Å². The predicted octanol–water partition coefficient (Wildman–Crippen LogP) is 3.28. The van der Waals surface area contributed by atoms with Gasteiger partial charge in [-0.05, 0) is 37.8 Å². The Bertz CT molecular complexity index is 597. The number of amides is 1. The third-order valence-electron chi connectivity index (χ3n) is 4.56. The van der Waals surface area contributed by atoms with Gasteiger partial charge in [-0.1, -0.05) is 13.3 Å². The number of halogens is 2. The van der Waals surface area contributed by atoms with Gasteiger partial charge in [0.15, 0.2) is 0 Å². The average Bonchev–Trinajstić information content (AvgIpc) is 2.70. The minimum absolute atomic E-state index is 0.0163. The molecule has 1 aliphatic heterocycles. The van der Waals surface area contributed by atoms with Crippen LogP contribution in [0.1, 0.15) is 39.0 Å². The van der Waals surface area contributed by atoms with Gasteiger partial charge in [-0.2, -0.15) is 0 Å². The fourth-order valence-electron chi connectivity index (χ4n) is 3.30. The van der Waals surface area contributed by atoms with E-state index in [0.29, 0.717) is 18.7 Å². The van der Waals surface area contributed by atoms with Crippen molar-refractivity contribution < 1.29 is 13.2 Å². The Hall–Kier alpha value is -0.520. The monoisotopic (exact) mass is 351 g/mol.